The highest BCUT2D eigenvalue weighted by Crippen LogP contribution is 2.47. The Kier molecular flexibility index (Phi) is 16.5. The lowest BCUT2D eigenvalue weighted by molar-refractivity contribution is -0.141. The molecule has 3 aromatic rings. The Labute approximate surface area is 367 Å². The first kappa shape index (κ1) is 47.2. The van der Waals surface area contributed by atoms with E-state index >= 15 is 0 Å². The Morgan fingerprint density at radius 3 is 2.44 bits per heavy atom. The molecule has 0 bridgehead atoms. The third-order valence-electron chi connectivity index (χ3n) is 10.8. The molecule has 2 unspecified atom stereocenters. The molecule has 4 amide bonds. The lowest BCUT2D eigenvalue weighted by atomic mass is 10.0. The number of ether oxygens (including phenoxy) is 3. The molecule has 2 aliphatic carbocycles. The van der Waals surface area contributed by atoms with Crippen molar-refractivity contribution in [1.82, 2.24) is 25.2 Å². The Balaban J connectivity index is 0.00000111. The van der Waals surface area contributed by atoms with Crippen molar-refractivity contribution < 1.29 is 43.3 Å². The highest BCUT2D eigenvalue weighted by atomic mass is 32.2. The van der Waals surface area contributed by atoms with Gasteiger partial charge in [0.1, 0.15) is 35.2 Å². The van der Waals surface area contributed by atoms with Crippen LogP contribution in [0.1, 0.15) is 113 Å². The number of nitrogens with one attached hydrogen (secondary N) is 3. The molecule has 2 saturated carbocycles. The van der Waals surface area contributed by atoms with Crippen LogP contribution in [-0.2, 0) is 19.2 Å². The molecule has 14 nitrogen and oxygen atoms in total. The van der Waals surface area contributed by atoms with Gasteiger partial charge in [0.15, 0.2) is 0 Å². The fraction of sp³-hybridized carbons (Fsp3) is 0.556. The number of aromatic nitrogens is 1. The van der Waals surface area contributed by atoms with Crippen molar-refractivity contribution in [3.05, 3.63) is 57.8 Å². The van der Waals surface area contributed by atoms with E-state index in [0.29, 0.717) is 45.9 Å². The number of pyridine rings is 1. The van der Waals surface area contributed by atoms with E-state index in [9.17, 15) is 19.2 Å². The third-order valence-corrected chi connectivity index (χ3v) is 12.9. The molecular weight excluding hydrogens is 819 g/mol. The highest BCUT2D eigenvalue weighted by Gasteiger charge is 2.61. The van der Waals surface area contributed by atoms with Gasteiger partial charge in [-0.15, -0.1) is 11.3 Å². The minimum atomic E-state index is -1.10. The van der Waals surface area contributed by atoms with Crippen LogP contribution in [0.5, 0.6) is 17.4 Å². The number of nitrogens with zero attached hydrogens (tertiary/aromatic N) is 2. The number of carboxylic acid groups (broad SMARTS) is 1. The number of thiophene rings is 1. The van der Waals surface area contributed by atoms with Gasteiger partial charge >= 0.3 is 0 Å². The number of allylic oxidation sites excluding steroid dienone is 1. The Bertz CT molecular complexity index is 2080. The van der Waals surface area contributed by atoms with Crippen LogP contribution in [0.2, 0.25) is 0 Å². The zero-order valence-electron chi connectivity index (χ0n) is 36.5. The number of aliphatic carboxylic acids is 1. The van der Waals surface area contributed by atoms with Gasteiger partial charge in [0, 0.05) is 46.4 Å². The van der Waals surface area contributed by atoms with Crippen molar-refractivity contribution in [1.29, 1.82) is 0 Å². The quantitative estimate of drug-likeness (QED) is 0.118. The van der Waals surface area contributed by atoms with Gasteiger partial charge in [-0.05, 0) is 102 Å². The van der Waals surface area contributed by atoms with Gasteiger partial charge in [-0.2, -0.15) is 0 Å². The first-order valence-corrected chi connectivity index (χ1v) is 23.0. The molecular formula is C45H61N5O9S2. The van der Waals surface area contributed by atoms with E-state index in [1.807, 2.05) is 59.7 Å². The molecule has 4 N–H and O–H groups in total. The summed E-state index contributed by atoms with van der Waals surface area (Å²) in [5.41, 5.74) is 0.379. The summed E-state index contributed by atoms with van der Waals surface area (Å²) < 4.78 is 21.4. The molecule has 7 rings (SSSR count). The van der Waals surface area contributed by atoms with Crippen LogP contribution in [-0.4, -0.2) is 93.3 Å². The number of rotatable bonds is 10. The minimum Gasteiger partial charge on any atom is -0.496 e. The highest BCUT2D eigenvalue weighted by molar-refractivity contribution is 7.98. The second kappa shape index (κ2) is 21.3. The normalized spacial score (nSPS) is 24.2. The van der Waals surface area contributed by atoms with E-state index in [4.69, 9.17) is 29.1 Å². The van der Waals surface area contributed by atoms with Gasteiger partial charge in [-0.3, -0.25) is 28.7 Å². The maximum Gasteiger partial charge on any atom is 0.300 e. The molecule has 1 saturated heterocycles. The Morgan fingerprint density at radius 1 is 1.05 bits per heavy atom. The zero-order valence-corrected chi connectivity index (χ0v) is 38.1. The van der Waals surface area contributed by atoms with Gasteiger partial charge in [-0.1, -0.05) is 38.8 Å². The van der Waals surface area contributed by atoms with E-state index in [0.717, 1.165) is 61.3 Å². The summed E-state index contributed by atoms with van der Waals surface area (Å²) in [6.45, 7) is 12.9. The van der Waals surface area contributed by atoms with Crippen molar-refractivity contribution in [2.24, 2.45) is 5.92 Å². The molecule has 3 fully saturated rings. The molecule has 1 aromatic carbocycles. The minimum absolute atomic E-state index is 0.0980. The summed E-state index contributed by atoms with van der Waals surface area (Å²) >= 11 is 2.79. The molecule has 4 aliphatic rings. The van der Waals surface area contributed by atoms with Crippen LogP contribution in [0.4, 0.5) is 0 Å². The number of hydrogen-bond donors (Lipinski definition) is 4. The summed E-state index contributed by atoms with van der Waals surface area (Å²) in [5, 5.41) is 14.7. The summed E-state index contributed by atoms with van der Waals surface area (Å²) in [4.78, 5) is 73.3. The van der Waals surface area contributed by atoms with Crippen LogP contribution in [0.25, 0.3) is 10.9 Å². The van der Waals surface area contributed by atoms with Crippen molar-refractivity contribution in [2.45, 2.75) is 141 Å². The van der Waals surface area contributed by atoms with Gasteiger partial charge < -0.3 is 34.9 Å². The molecule has 4 heterocycles. The van der Waals surface area contributed by atoms with Crippen molar-refractivity contribution >= 4 is 63.8 Å². The summed E-state index contributed by atoms with van der Waals surface area (Å²) in [6, 6.07) is 7.34. The summed E-state index contributed by atoms with van der Waals surface area (Å²) in [7, 11) is 1.61. The fourth-order valence-electron chi connectivity index (χ4n) is 7.52. The average Bonchev–Trinajstić information content (AvgIpc) is 4.08. The number of carboxylic acids is 1. The number of fused-ring (bicyclic) bond motifs is 3. The van der Waals surface area contributed by atoms with Gasteiger partial charge in [0.2, 0.25) is 17.7 Å². The van der Waals surface area contributed by atoms with E-state index < -0.39 is 35.6 Å². The molecule has 2 aromatic heterocycles. The van der Waals surface area contributed by atoms with Crippen LogP contribution in [0.3, 0.4) is 0 Å². The number of amides is 4. The molecule has 0 radical (unpaired) electrons. The third kappa shape index (κ3) is 12.2. The second-order valence-corrected chi connectivity index (χ2v) is 18.3. The summed E-state index contributed by atoms with van der Waals surface area (Å²) in [5.74, 6) is -0.723. The van der Waals surface area contributed by atoms with Gasteiger partial charge in [0.25, 0.3) is 17.8 Å². The fourth-order valence-corrected chi connectivity index (χ4v) is 9.12. The number of benzene rings is 1. The largest absolute Gasteiger partial charge is 0.496 e. The Hall–Kier alpha value is -4.83. The maximum atomic E-state index is 14.7. The van der Waals surface area contributed by atoms with Crippen LogP contribution in [0.15, 0.2) is 42.5 Å². The number of carbonyl (C=O) groups excluding carboxylic acids is 4. The van der Waals surface area contributed by atoms with E-state index in [1.54, 1.807) is 24.1 Å². The van der Waals surface area contributed by atoms with E-state index in [-0.39, 0.29) is 42.7 Å². The maximum absolute atomic E-state index is 14.7. The molecule has 2 aliphatic heterocycles. The second-order valence-electron chi connectivity index (χ2n) is 15.9. The van der Waals surface area contributed by atoms with Crippen molar-refractivity contribution in [3.63, 3.8) is 0 Å². The van der Waals surface area contributed by atoms with Crippen molar-refractivity contribution in [3.8, 4) is 17.4 Å². The Morgan fingerprint density at radius 2 is 1.79 bits per heavy atom. The predicted molar refractivity (Wildman–Crippen MR) is 238 cm³/mol. The predicted octanol–water partition coefficient (Wildman–Crippen LogP) is 7.29. The monoisotopic (exact) mass is 879 g/mol. The van der Waals surface area contributed by atoms with Crippen LogP contribution < -0.4 is 29.6 Å². The van der Waals surface area contributed by atoms with Crippen LogP contribution >= 0.6 is 23.3 Å². The SMILES string of the molecule is CC.CC(=O)O.COc1ccc2c(O[C@@H]3CC4C(=O)N[C@]5(C(=O)NSC6CC6)CC5/C=C\CCCCC[C@H](NC(=O)c5ccc(C)s5)C(=O)N4C3)cc(OC(C)C)nc2c1C. The van der Waals surface area contributed by atoms with Crippen molar-refractivity contribution in [2.75, 3.05) is 13.7 Å². The van der Waals surface area contributed by atoms with Gasteiger partial charge in [0.05, 0.1) is 30.2 Å². The molecule has 61 heavy (non-hydrogen) atoms. The molecule has 16 heteroatoms. The van der Waals surface area contributed by atoms with Crippen LogP contribution in [0, 0.1) is 19.8 Å². The first-order valence-electron chi connectivity index (χ1n) is 21.3. The zero-order chi connectivity index (χ0) is 44.4. The number of carbonyl (C=O) groups is 5. The van der Waals surface area contributed by atoms with E-state index in [1.165, 1.54) is 23.3 Å². The average molecular weight is 880 g/mol. The molecule has 5 atom stereocenters. The van der Waals surface area contributed by atoms with E-state index in [2.05, 4.69) is 27.5 Å². The molecule has 332 valence electrons. The lowest BCUT2D eigenvalue weighted by Gasteiger charge is -2.29. The number of hydrogen-bond acceptors (Lipinski definition) is 11. The topological polar surface area (TPSA) is 185 Å². The summed E-state index contributed by atoms with van der Waals surface area (Å²) in [6.07, 6.45) is 9.93. The van der Waals surface area contributed by atoms with Gasteiger partial charge in [-0.25, -0.2) is 4.98 Å². The number of methoxy groups -OCH3 is 1. The number of aryl methyl sites for hydroxylation is 2. The first-order chi connectivity index (χ1) is 29.2. The smallest absolute Gasteiger partial charge is 0.300 e. The molecule has 0 spiro atoms. The lowest BCUT2D eigenvalue weighted by Crippen LogP contribution is -2.57. The standard InChI is InChI=1S/C41H51N5O7S2.C2H4O2.C2H6/c1-23(2)52-35-20-33(29-16-17-32(51-5)25(4)36(29)43-35)53-27-19-31-37(47)44-41(40(50)45-55-28-14-15-28)21-26(41)11-9-7-6-8-10-12-30(39(49)46(31)22-27)42-38(48)34-18-13-24(3)54-34;1-2(3)4;1-2/h9,11,13,16-18,20,23,26-28,30-31H,6-8,10,12,14-15,19,21-22H2,1-5H3,(H,42,48)(H,44,47)(H,45,50);1H3,(H,3,4);1-2H3/b11-9-;;/t26?,27-,30+,31?,41-;;/m1../s1.